The van der Waals surface area contributed by atoms with Gasteiger partial charge in [-0.15, -0.1) is 5.10 Å². The highest BCUT2D eigenvalue weighted by atomic mass is 16.5. The van der Waals surface area contributed by atoms with Gasteiger partial charge in [0.05, 0.1) is 6.20 Å². The maximum absolute atomic E-state index is 10.8. The third-order valence-electron chi connectivity index (χ3n) is 1.53. The van der Waals surface area contributed by atoms with Crippen LogP contribution in [-0.2, 0) is 16.1 Å². The van der Waals surface area contributed by atoms with E-state index in [4.69, 9.17) is 10.5 Å². The Kier molecular flexibility index (Phi) is 1.33. The normalized spacial score (nSPS) is 14.5. The van der Waals surface area contributed by atoms with Crippen molar-refractivity contribution in [2.45, 2.75) is 6.61 Å². The van der Waals surface area contributed by atoms with Gasteiger partial charge in [-0.1, -0.05) is 5.21 Å². The van der Waals surface area contributed by atoms with E-state index in [9.17, 15) is 4.79 Å². The summed E-state index contributed by atoms with van der Waals surface area (Å²) >= 11 is 0. The average Bonchev–Trinajstić information content (AvgIpc) is 2.49. The number of fused-ring (bicyclic) bond motifs is 1. The molecular formula is C6H6N4O2. The van der Waals surface area contributed by atoms with Gasteiger partial charge < -0.3 is 10.5 Å². The number of nitrogens with two attached hydrogens (primary N) is 1. The lowest BCUT2D eigenvalue weighted by atomic mass is 10.4. The van der Waals surface area contributed by atoms with Gasteiger partial charge in [0.15, 0.2) is 5.70 Å². The molecule has 0 aliphatic carbocycles. The summed E-state index contributed by atoms with van der Waals surface area (Å²) in [4.78, 5) is 10.8. The second-order valence-corrected chi connectivity index (χ2v) is 2.32. The zero-order valence-electron chi connectivity index (χ0n) is 6.10. The largest absolute Gasteiger partial charge is 0.492 e. The molecule has 0 atom stereocenters. The molecule has 0 unspecified atom stereocenters. The third-order valence-corrected chi connectivity index (χ3v) is 1.53. The number of hydrogen-bond acceptors (Lipinski definition) is 4. The highest BCUT2D eigenvalue weighted by Gasteiger charge is 2.17. The lowest BCUT2D eigenvalue weighted by Gasteiger charge is -2.12. The van der Waals surface area contributed by atoms with E-state index in [0.717, 1.165) is 0 Å². The van der Waals surface area contributed by atoms with E-state index in [0.29, 0.717) is 12.3 Å². The SMILES string of the molecule is NC(=O)C1=COCc2cnnn21. The minimum atomic E-state index is -0.582. The first-order valence-electron chi connectivity index (χ1n) is 3.30. The molecular weight excluding hydrogens is 160 g/mol. The monoisotopic (exact) mass is 166 g/mol. The van der Waals surface area contributed by atoms with Crippen LogP contribution >= 0.6 is 0 Å². The molecule has 0 bridgehead atoms. The summed E-state index contributed by atoms with van der Waals surface area (Å²) < 4.78 is 6.33. The van der Waals surface area contributed by atoms with E-state index < -0.39 is 5.91 Å². The number of rotatable bonds is 1. The molecule has 2 rings (SSSR count). The lowest BCUT2D eigenvalue weighted by molar-refractivity contribution is -0.113. The van der Waals surface area contributed by atoms with Crippen molar-refractivity contribution in [3.05, 3.63) is 18.2 Å². The van der Waals surface area contributed by atoms with Crippen molar-refractivity contribution in [1.82, 2.24) is 15.0 Å². The molecule has 12 heavy (non-hydrogen) atoms. The van der Waals surface area contributed by atoms with Gasteiger partial charge in [0.1, 0.15) is 18.6 Å². The van der Waals surface area contributed by atoms with Crippen molar-refractivity contribution in [3.63, 3.8) is 0 Å². The van der Waals surface area contributed by atoms with E-state index in [1.165, 1.54) is 17.1 Å². The minimum Gasteiger partial charge on any atom is -0.492 e. The predicted octanol–water partition coefficient (Wildman–Crippen LogP) is -0.908. The van der Waals surface area contributed by atoms with Crippen molar-refractivity contribution in [2.24, 2.45) is 5.73 Å². The van der Waals surface area contributed by atoms with Crippen LogP contribution in [0.15, 0.2) is 12.5 Å². The molecule has 2 N–H and O–H groups in total. The standard InChI is InChI=1S/C6H6N4O2/c7-6(11)5-3-12-2-4-1-8-9-10(4)5/h1,3H,2H2,(H2,7,11). The molecule has 6 heteroatoms. The third kappa shape index (κ3) is 0.849. The van der Waals surface area contributed by atoms with Gasteiger partial charge in [0, 0.05) is 0 Å². The van der Waals surface area contributed by atoms with Crippen LogP contribution in [0.2, 0.25) is 0 Å². The van der Waals surface area contributed by atoms with Crippen LogP contribution in [-0.4, -0.2) is 20.9 Å². The van der Waals surface area contributed by atoms with Gasteiger partial charge in [0.2, 0.25) is 0 Å². The molecule has 0 spiro atoms. The van der Waals surface area contributed by atoms with Crippen LogP contribution in [0, 0.1) is 0 Å². The summed E-state index contributed by atoms with van der Waals surface area (Å²) in [6.07, 6.45) is 2.81. The fraction of sp³-hybridized carbons (Fsp3) is 0.167. The molecule has 0 saturated heterocycles. The van der Waals surface area contributed by atoms with Crippen LogP contribution < -0.4 is 5.73 Å². The van der Waals surface area contributed by atoms with Gasteiger partial charge >= 0.3 is 0 Å². The van der Waals surface area contributed by atoms with Crippen LogP contribution in [0.5, 0.6) is 0 Å². The fourth-order valence-electron chi connectivity index (χ4n) is 0.976. The topological polar surface area (TPSA) is 83.0 Å². The number of primary amides is 1. The van der Waals surface area contributed by atoms with Gasteiger partial charge in [-0.25, -0.2) is 4.68 Å². The summed E-state index contributed by atoms with van der Waals surface area (Å²) in [6.45, 7) is 0.365. The maximum Gasteiger partial charge on any atom is 0.270 e. The summed E-state index contributed by atoms with van der Waals surface area (Å²) in [7, 11) is 0. The first kappa shape index (κ1) is 6.84. The second kappa shape index (κ2) is 2.33. The fourth-order valence-corrected chi connectivity index (χ4v) is 0.976. The van der Waals surface area contributed by atoms with Crippen LogP contribution in [0.25, 0.3) is 5.70 Å². The molecule has 2 heterocycles. The zero-order valence-corrected chi connectivity index (χ0v) is 6.10. The quantitative estimate of drug-likeness (QED) is 0.585. The van der Waals surface area contributed by atoms with Crippen molar-refractivity contribution >= 4 is 11.6 Å². The van der Waals surface area contributed by atoms with Crippen molar-refractivity contribution in [3.8, 4) is 0 Å². The Morgan fingerprint density at radius 3 is 3.33 bits per heavy atom. The van der Waals surface area contributed by atoms with E-state index in [1.807, 2.05) is 0 Å². The summed E-state index contributed by atoms with van der Waals surface area (Å²) in [6, 6.07) is 0. The molecule has 1 aliphatic heterocycles. The number of amides is 1. The molecule has 0 aromatic carbocycles. The second-order valence-electron chi connectivity index (χ2n) is 2.32. The summed E-state index contributed by atoms with van der Waals surface area (Å²) in [5.74, 6) is -0.582. The van der Waals surface area contributed by atoms with Crippen LogP contribution in [0.3, 0.4) is 0 Å². The van der Waals surface area contributed by atoms with Crippen molar-refractivity contribution in [1.29, 1.82) is 0 Å². The lowest BCUT2D eigenvalue weighted by Crippen LogP contribution is -2.22. The number of carbonyl (C=O) groups excluding carboxylic acids is 1. The molecule has 6 nitrogen and oxygen atoms in total. The van der Waals surface area contributed by atoms with E-state index in [2.05, 4.69) is 10.3 Å². The van der Waals surface area contributed by atoms with E-state index in [-0.39, 0.29) is 5.70 Å². The molecule has 1 aliphatic rings. The molecule has 1 aromatic heterocycles. The highest BCUT2D eigenvalue weighted by molar-refractivity contribution is 6.12. The van der Waals surface area contributed by atoms with Crippen molar-refractivity contribution in [2.75, 3.05) is 0 Å². The molecule has 0 fully saturated rings. The molecule has 62 valence electrons. The smallest absolute Gasteiger partial charge is 0.270 e. The molecule has 1 aromatic rings. The van der Waals surface area contributed by atoms with Crippen molar-refractivity contribution < 1.29 is 9.53 Å². The van der Waals surface area contributed by atoms with Gasteiger partial charge in [-0.05, 0) is 0 Å². The number of carbonyl (C=O) groups is 1. The summed E-state index contributed by atoms with van der Waals surface area (Å²) in [5, 5.41) is 7.30. The Hall–Kier alpha value is -1.85. The Labute approximate surface area is 67.6 Å². The average molecular weight is 166 g/mol. The molecule has 1 amide bonds. The zero-order chi connectivity index (χ0) is 8.55. The predicted molar refractivity (Wildman–Crippen MR) is 38.3 cm³/mol. The van der Waals surface area contributed by atoms with Gasteiger partial charge in [0.25, 0.3) is 5.91 Å². The Morgan fingerprint density at radius 1 is 1.75 bits per heavy atom. The van der Waals surface area contributed by atoms with Crippen LogP contribution in [0.4, 0.5) is 0 Å². The molecule has 0 saturated carbocycles. The summed E-state index contributed by atoms with van der Waals surface area (Å²) in [5.41, 5.74) is 5.98. The van der Waals surface area contributed by atoms with E-state index in [1.54, 1.807) is 0 Å². The first-order valence-corrected chi connectivity index (χ1v) is 3.30. The van der Waals surface area contributed by atoms with Gasteiger partial charge in [-0.3, -0.25) is 4.79 Å². The number of hydrogen-bond donors (Lipinski definition) is 1. The van der Waals surface area contributed by atoms with Crippen LogP contribution in [0.1, 0.15) is 5.69 Å². The number of nitrogens with zero attached hydrogens (tertiary/aromatic N) is 3. The maximum atomic E-state index is 10.8. The number of aromatic nitrogens is 3. The van der Waals surface area contributed by atoms with Gasteiger partial charge in [-0.2, -0.15) is 0 Å². The number of ether oxygens (including phenoxy) is 1. The Morgan fingerprint density at radius 2 is 2.58 bits per heavy atom. The molecule has 0 radical (unpaired) electrons. The highest BCUT2D eigenvalue weighted by Crippen LogP contribution is 2.13. The Balaban J connectivity index is 2.50. The first-order chi connectivity index (χ1) is 5.79. The Bertz CT molecular complexity index is 354. The van der Waals surface area contributed by atoms with E-state index >= 15 is 0 Å². The minimum absolute atomic E-state index is 0.203.